The van der Waals surface area contributed by atoms with E-state index in [9.17, 15) is 0 Å². The molecule has 0 fully saturated rings. The smallest absolute Gasteiger partial charge is 0.240 e. The predicted octanol–water partition coefficient (Wildman–Crippen LogP) is 2.59. The molecule has 0 radical (unpaired) electrons. The zero-order valence-corrected chi connectivity index (χ0v) is 9.56. The Morgan fingerprint density at radius 2 is 1.69 bits per heavy atom. The SMILES string of the molecule is Cc1cc(C)nc(Oc2ccc(C)nn2)c1. The lowest BCUT2D eigenvalue weighted by molar-refractivity contribution is 0.435. The molecule has 0 amide bonds. The summed E-state index contributed by atoms with van der Waals surface area (Å²) in [6.45, 7) is 5.81. The summed E-state index contributed by atoms with van der Waals surface area (Å²) >= 11 is 0. The Kier molecular flexibility index (Phi) is 2.81. The first kappa shape index (κ1) is 10.5. The van der Waals surface area contributed by atoms with Crippen molar-refractivity contribution in [2.24, 2.45) is 0 Å². The molecular weight excluding hydrogens is 202 g/mol. The Morgan fingerprint density at radius 1 is 0.875 bits per heavy atom. The Hall–Kier alpha value is -1.97. The molecule has 0 saturated carbocycles. The highest BCUT2D eigenvalue weighted by molar-refractivity contribution is 5.26. The molecule has 2 aromatic heterocycles. The van der Waals surface area contributed by atoms with Gasteiger partial charge in [0, 0.05) is 17.8 Å². The Balaban J connectivity index is 2.23. The molecule has 2 rings (SSSR count). The van der Waals surface area contributed by atoms with Gasteiger partial charge in [0.15, 0.2) is 0 Å². The zero-order chi connectivity index (χ0) is 11.5. The fourth-order valence-corrected chi connectivity index (χ4v) is 1.40. The number of aryl methyl sites for hydroxylation is 3. The van der Waals surface area contributed by atoms with Gasteiger partial charge in [-0.3, -0.25) is 0 Å². The molecule has 0 saturated heterocycles. The molecule has 0 unspecified atom stereocenters. The van der Waals surface area contributed by atoms with E-state index in [1.807, 2.05) is 39.0 Å². The molecule has 0 bridgehead atoms. The lowest BCUT2D eigenvalue weighted by atomic mass is 10.2. The van der Waals surface area contributed by atoms with Gasteiger partial charge in [0.25, 0.3) is 0 Å². The van der Waals surface area contributed by atoms with Crippen molar-refractivity contribution in [3.63, 3.8) is 0 Å². The molecule has 2 heterocycles. The molecule has 4 heteroatoms. The zero-order valence-electron chi connectivity index (χ0n) is 9.56. The van der Waals surface area contributed by atoms with E-state index in [4.69, 9.17) is 4.74 Å². The third-order valence-corrected chi connectivity index (χ3v) is 2.06. The molecular formula is C12H13N3O. The van der Waals surface area contributed by atoms with Gasteiger partial charge >= 0.3 is 0 Å². The lowest BCUT2D eigenvalue weighted by Gasteiger charge is -2.05. The average Bonchev–Trinajstić information content (AvgIpc) is 2.20. The van der Waals surface area contributed by atoms with E-state index in [0.29, 0.717) is 11.8 Å². The monoisotopic (exact) mass is 215 g/mol. The van der Waals surface area contributed by atoms with Gasteiger partial charge in [0.05, 0.1) is 5.69 Å². The first-order chi connectivity index (χ1) is 7.63. The summed E-state index contributed by atoms with van der Waals surface area (Å²) < 4.78 is 5.51. The summed E-state index contributed by atoms with van der Waals surface area (Å²) in [4.78, 5) is 4.26. The van der Waals surface area contributed by atoms with Crippen molar-refractivity contribution in [2.75, 3.05) is 0 Å². The molecule has 82 valence electrons. The van der Waals surface area contributed by atoms with E-state index in [0.717, 1.165) is 17.0 Å². The van der Waals surface area contributed by atoms with E-state index in [1.54, 1.807) is 6.07 Å². The summed E-state index contributed by atoms with van der Waals surface area (Å²) in [7, 11) is 0. The summed E-state index contributed by atoms with van der Waals surface area (Å²) in [5.41, 5.74) is 2.90. The topological polar surface area (TPSA) is 47.9 Å². The van der Waals surface area contributed by atoms with Gasteiger partial charge in [-0.1, -0.05) is 0 Å². The maximum absolute atomic E-state index is 5.51. The fraction of sp³-hybridized carbons (Fsp3) is 0.250. The first-order valence-corrected chi connectivity index (χ1v) is 5.07. The van der Waals surface area contributed by atoms with E-state index >= 15 is 0 Å². The third-order valence-electron chi connectivity index (χ3n) is 2.06. The number of aromatic nitrogens is 3. The maximum atomic E-state index is 5.51. The van der Waals surface area contributed by atoms with Crippen molar-refractivity contribution >= 4 is 0 Å². The second kappa shape index (κ2) is 4.26. The number of ether oxygens (including phenoxy) is 1. The number of hydrogen-bond acceptors (Lipinski definition) is 4. The molecule has 0 spiro atoms. The molecule has 2 aromatic rings. The van der Waals surface area contributed by atoms with Crippen molar-refractivity contribution < 1.29 is 4.74 Å². The van der Waals surface area contributed by atoms with Gasteiger partial charge in [0.1, 0.15) is 0 Å². The fourth-order valence-electron chi connectivity index (χ4n) is 1.40. The number of nitrogens with zero attached hydrogens (tertiary/aromatic N) is 3. The van der Waals surface area contributed by atoms with Gasteiger partial charge in [0.2, 0.25) is 11.8 Å². The van der Waals surface area contributed by atoms with Crippen molar-refractivity contribution in [3.8, 4) is 11.8 Å². The Labute approximate surface area is 94.3 Å². The molecule has 0 aliphatic heterocycles. The van der Waals surface area contributed by atoms with E-state index in [1.165, 1.54) is 0 Å². The van der Waals surface area contributed by atoms with Gasteiger partial charge < -0.3 is 4.74 Å². The highest BCUT2D eigenvalue weighted by atomic mass is 16.5. The van der Waals surface area contributed by atoms with Gasteiger partial charge in [-0.15, -0.1) is 5.10 Å². The highest BCUT2D eigenvalue weighted by Gasteiger charge is 2.02. The minimum Gasteiger partial charge on any atom is -0.419 e. The van der Waals surface area contributed by atoms with Crippen LogP contribution in [0.5, 0.6) is 11.8 Å². The molecule has 4 nitrogen and oxygen atoms in total. The average molecular weight is 215 g/mol. The van der Waals surface area contributed by atoms with Crippen LogP contribution >= 0.6 is 0 Å². The van der Waals surface area contributed by atoms with Gasteiger partial charge in [-0.25, -0.2) is 4.98 Å². The number of hydrogen-bond donors (Lipinski definition) is 0. The Morgan fingerprint density at radius 3 is 2.31 bits per heavy atom. The normalized spacial score (nSPS) is 10.2. The van der Waals surface area contributed by atoms with Crippen LogP contribution in [0.3, 0.4) is 0 Å². The standard InChI is InChI=1S/C12H13N3O/c1-8-6-10(3)13-12(7-8)16-11-5-4-9(2)14-15-11/h4-7H,1-3H3. The van der Waals surface area contributed by atoms with Crippen LogP contribution in [0.1, 0.15) is 17.0 Å². The number of pyridine rings is 1. The Bertz CT molecular complexity index is 474. The number of rotatable bonds is 2. The quantitative estimate of drug-likeness (QED) is 0.772. The van der Waals surface area contributed by atoms with Crippen LogP contribution in [0, 0.1) is 20.8 Å². The molecule has 0 N–H and O–H groups in total. The van der Waals surface area contributed by atoms with Gasteiger partial charge in [-0.05, 0) is 38.5 Å². The van der Waals surface area contributed by atoms with Crippen LogP contribution in [0.25, 0.3) is 0 Å². The van der Waals surface area contributed by atoms with Crippen molar-refractivity contribution in [1.29, 1.82) is 0 Å². The second-order valence-corrected chi connectivity index (χ2v) is 3.74. The summed E-state index contributed by atoms with van der Waals surface area (Å²) in [5, 5.41) is 7.84. The van der Waals surface area contributed by atoms with Gasteiger partial charge in [-0.2, -0.15) is 5.10 Å². The van der Waals surface area contributed by atoms with E-state index in [-0.39, 0.29) is 0 Å². The van der Waals surface area contributed by atoms with Crippen LogP contribution < -0.4 is 4.74 Å². The molecule has 0 aliphatic rings. The predicted molar refractivity (Wildman–Crippen MR) is 60.6 cm³/mol. The highest BCUT2D eigenvalue weighted by Crippen LogP contribution is 2.18. The molecule has 0 atom stereocenters. The second-order valence-electron chi connectivity index (χ2n) is 3.74. The minimum absolute atomic E-state index is 0.461. The van der Waals surface area contributed by atoms with Crippen LogP contribution in [0.4, 0.5) is 0 Å². The lowest BCUT2D eigenvalue weighted by Crippen LogP contribution is -1.95. The van der Waals surface area contributed by atoms with Crippen molar-refractivity contribution in [1.82, 2.24) is 15.2 Å². The first-order valence-electron chi connectivity index (χ1n) is 5.07. The molecule has 16 heavy (non-hydrogen) atoms. The molecule has 0 aromatic carbocycles. The summed E-state index contributed by atoms with van der Waals surface area (Å²) in [6.07, 6.45) is 0. The van der Waals surface area contributed by atoms with Crippen molar-refractivity contribution in [3.05, 3.63) is 41.2 Å². The minimum atomic E-state index is 0.461. The molecule has 0 aliphatic carbocycles. The summed E-state index contributed by atoms with van der Waals surface area (Å²) in [6, 6.07) is 7.49. The summed E-state index contributed by atoms with van der Waals surface area (Å²) in [5.74, 6) is 1.01. The van der Waals surface area contributed by atoms with Crippen LogP contribution in [0.15, 0.2) is 24.3 Å². The van der Waals surface area contributed by atoms with Crippen molar-refractivity contribution in [2.45, 2.75) is 20.8 Å². The maximum Gasteiger partial charge on any atom is 0.240 e. The van der Waals surface area contributed by atoms with E-state index in [2.05, 4.69) is 15.2 Å². The largest absolute Gasteiger partial charge is 0.419 e. The third kappa shape index (κ3) is 2.53. The van der Waals surface area contributed by atoms with Crippen LogP contribution in [-0.2, 0) is 0 Å². The van der Waals surface area contributed by atoms with Crippen LogP contribution in [0.2, 0.25) is 0 Å². The van der Waals surface area contributed by atoms with Crippen LogP contribution in [-0.4, -0.2) is 15.2 Å². The van der Waals surface area contributed by atoms with E-state index < -0.39 is 0 Å².